The van der Waals surface area contributed by atoms with E-state index in [1.165, 1.54) is 5.56 Å². The van der Waals surface area contributed by atoms with Gasteiger partial charge in [0.15, 0.2) is 5.82 Å². The number of nitrogens with zero attached hydrogens (tertiary/aromatic N) is 4. The predicted molar refractivity (Wildman–Crippen MR) is 90.6 cm³/mol. The number of likely N-dealkylation sites (tertiary alicyclic amines) is 1. The molecule has 0 bridgehead atoms. The monoisotopic (exact) mass is 325 g/mol. The Labute approximate surface area is 141 Å². The maximum atomic E-state index is 12.4. The zero-order valence-corrected chi connectivity index (χ0v) is 13.8. The van der Waals surface area contributed by atoms with Gasteiger partial charge in [-0.05, 0) is 30.7 Å². The van der Waals surface area contributed by atoms with Crippen LogP contribution in [-0.4, -0.2) is 38.8 Å². The van der Waals surface area contributed by atoms with E-state index in [1.807, 2.05) is 11.0 Å². The van der Waals surface area contributed by atoms with Gasteiger partial charge in [-0.15, -0.1) is 10.2 Å². The molecule has 24 heavy (non-hydrogen) atoms. The first-order valence-electron chi connectivity index (χ1n) is 8.80. The van der Waals surface area contributed by atoms with Crippen molar-refractivity contribution in [3.05, 3.63) is 47.5 Å². The minimum Gasteiger partial charge on any atom is -0.331 e. The lowest BCUT2D eigenvalue weighted by molar-refractivity contribution is 0.180. The number of benzene rings is 1. The highest BCUT2D eigenvalue weighted by molar-refractivity contribution is 5.74. The van der Waals surface area contributed by atoms with E-state index < -0.39 is 0 Å². The van der Waals surface area contributed by atoms with E-state index in [0.717, 1.165) is 57.0 Å². The van der Waals surface area contributed by atoms with Crippen molar-refractivity contribution in [2.75, 3.05) is 13.1 Å². The molecule has 0 spiro atoms. The highest BCUT2D eigenvalue weighted by Gasteiger charge is 2.24. The Morgan fingerprint density at radius 2 is 1.92 bits per heavy atom. The molecule has 1 aromatic carbocycles. The zero-order chi connectivity index (χ0) is 16.4. The van der Waals surface area contributed by atoms with Gasteiger partial charge in [-0.3, -0.25) is 0 Å². The molecule has 1 aromatic heterocycles. The van der Waals surface area contributed by atoms with Crippen LogP contribution in [0.15, 0.2) is 30.3 Å². The van der Waals surface area contributed by atoms with Gasteiger partial charge in [0.05, 0.1) is 6.54 Å². The van der Waals surface area contributed by atoms with Crippen LogP contribution in [0.4, 0.5) is 4.79 Å². The number of aromatic nitrogens is 3. The van der Waals surface area contributed by atoms with Crippen LogP contribution < -0.4 is 5.32 Å². The van der Waals surface area contributed by atoms with Gasteiger partial charge < -0.3 is 14.8 Å². The van der Waals surface area contributed by atoms with Gasteiger partial charge in [0.1, 0.15) is 5.82 Å². The van der Waals surface area contributed by atoms with Gasteiger partial charge in [-0.1, -0.05) is 30.3 Å². The van der Waals surface area contributed by atoms with E-state index in [0.29, 0.717) is 12.5 Å². The van der Waals surface area contributed by atoms with Crippen LogP contribution in [0.25, 0.3) is 0 Å². The Morgan fingerprint density at radius 1 is 1.12 bits per heavy atom. The lowest BCUT2D eigenvalue weighted by Gasteiger charge is -2.32. The van der Waals surface area contributed by atoms with Gasteiger partial charge in [-0.25, -0.2) is 4.79 Å². The third-order valence-electron chi connectivity index (χ3n) is 5.14. The summed E-state index contributed by atoms with van der Waals surface area (Å²) in [6.45, 7) is 3.05. The molecule has 0 unspecified atom stereocenters. The van der Waals surface area contributed by atoms with Crippen LogP contribution in [0.3, 0.4) is 0 Å². The topological polar surface area (TPSA) is 63.1 Å². The molecule has 1 N–H and O–H groups in total. The lowest BCUT2D eigenvalue weighted by atomic mass is 9.90. The summed E-state index contributed by atoms with van der Waals surface area (Å²) in [6.07, 6.45) is 4.17. The quantitative estimate of drug-likeness (QED) is 0.942. The maximum absolute atomic E-state index is 12.4. The number of fused-ring (bicyclic) bond motifs is 1. The second-order valence-electron chi connectivity index (χ2n) is 6.62. The normalized spacial score (nSPS) is 17.8. The summed E-state index contributed by atoms with van der Waals surface area (Å²) >= 11 is 0. The van der Waals surface area contributed by atoms with Crippen LogP contribution >= 0.6 is 0 Å². The maximum Gasteiger partial charge on any atom is 0.317 e. The van der Waals surface area contributed by atoms with Crippen LogP contribution in [0, 0.1) is 0 Å². The number of nitrogens with one attached hydrogen (secondary N) is 1. The minimum atomic E-state index is 0.0110. The van der Waals surface area contributed by atoms with Crippen LogP contribution in [0.2, 0.25) is 0 Å². The molecule has 126 valence electrons. The highest BCUT2D eigenvalue weighted by atomic mass is 16.2. The SMILES string of the molecule is O=C(NCc1nnc2n1CCC2)N1CCC(c2ccccc2)CC1. The number of carbonyl (C=O) groups is 1. The summed E-state index contributed by atoms with van der Waals surface area (Å²) in [4.78, 5) is 14.3. The molecule has 1 fully saturated rings. The molecule has 2 aliphatic heterocycles. The Morgan fingerprint density at radius 3 is 2.71 bits per heavy atom. The number of urea groups is 1. The van der Waals surface area contributed by atoms with Gasteiger partial charge in [0.25, 0.3) is 0 Å². The fraction of sp³-hybridized carbons (Fsp3) is 0.500. The Hall–Kier alpha value is -2.37. The summed E-state index contributed by atoms with van der Waals surface area (Å²) in [5, 5.41) is 11.4. The average Bonchev–Trinajstić information content (AvgIpc) is 3.25. The first kappa shape index (κ1) is 15.2. The summed E-state index contributed by atoms with van der Waals surface area (Å²) in [5.74, 6) is 2.48. The number of carbonyl (C=O) groups excluding carboxylic acids is 1. The van der Waals surface area contributed by atoms with Crippen molar-refractivity contribution in [2.45, 2.75) is 44.7 Å². The fourth-order valence-electron chi connectivity index (χ4n) is 3.75. The molecule has 0 radical (unpaired) electrons. The average molecular weight is 325 g/mol. The van der Waals surface area contributed by atoms with Crippen LogP contribution in [-0.2, 0) is 19.5 Å². The van der Waals surface area contributed by atoms with Crippen molar-refractivity contribution in [3.63, 3.8) is 0 Å². The second kappa shape index (κ2) is 6.63. The summed E-state index contributed by atoms with van der Waals surface area (Å²) in [6, 6.07) is 10.6. The Kier molecular flexibility index (Phi) is 4.19. The third-order valence-corrected chi connectivity index (χ3v) is 5.14. The zero-order valence-electron chi connectivity index (χ0n) is 13.8. The highest BCUT2D eigenvalue weighted by Crippen LogP contribution is 2.27. The van der Waals surface area contributed by atoms with Crippen molar-refractivity contribution < 1.29 is 4.79 Å². The Bertz CT molecular complexity index is 703. The Balaban J connectivity index is 1.29. The van der Waals surface area contributed by atoms with Gasteiger partial charge in [0, 0.05) is 26.1 Å². The molecule has 0 saturated carbocycles. The van der Waals surface area contributed by atoms with E-state index in [4.69, 9.17) is 0 Å². The van der Waals surface area contributed by atoms with Crippen molar-refractivity contribution in [1.29, 1.82) is 0 Å². The first-order valence-corrected chi connectivity index (χ1v) is 8.80. The van der Waals surface area contributed by atoms with Crippen molar-refractivity contribution >= 4 is 6.03 Å². The molecule has 6 nitrogen and oxygen atoms in total. The van der Waals surface area contributed by atoms with Gasteiger partial charge >= 0.3 is 6.03 Å². The number of hydrogen-bond donors (Lipinski definition) is 1. The van der Waals surface area contributed by atoms with Crippen LogP contribution in [0.5, 0.6) is 0 Å². The molecule has 2 aromatic rings. The van der Waals surface area contributed by atoms with Crippen molar-refractivity contribution in [2.24, 2.45) is 0 Å². The number of aryl methyl sites for hydroxylation is 1. The largest absolute Gasteiger partial charge is 0.331 e. The minimum absolute atomic E-state index is 0.0110. The lowest BCUT2D eigenvalue weighted by Crippen LogP contribution is -2.44. The molecule has 2 aliphatic rings. The molecule has 2 amide bonds. The number of hydrogen-bond acceptors (Lipinski definition) is 3. The summed E-state index contributed by atoms with van der Waals surface area (Å²) in [5.41, 5.74) is 1.39. The predicted octanol–water partition coefficient (Wildman–Crippen LogP) is 2.31. The van der Waals surface area contributed by atoms with Gasteiger partial charge in [-0.2, -0.15) is 0 Å². The number of rotatable bonds is 3. The van der Waals surface area contributed by atoms with Crippen molar-refractivity contribution in [1.82, 2.24) is 25.0 Å². The molecule has 1 saturated heterocycles. The van der Waals surface area contributed by atoms with E-state index in [9.17, 15) is 4.79 Å². The molecular weight excluding hydrogens is 302 g/mol. The van der Waals surface area contributed by atoms with E-state index >= 15 is 0 Å². The molecule has 0 aliphatic carbocycles. The van der Waals surface area contributed by atoms with Crippen LogP contribution in [0.1, 0.15) is 42.4 Å². The first-order chi connectivity index (χ1) is 11.8. The summed E-state index contributed by atoms with van der Waals surface area (Å²) in [7, 11) is 0. The third kappa shape index (κ3) is 3.00. The summed E-state index contributed by atoms with van der Waals surface area (Å²) < 4.78 is 2.13. The molecule has 0 atom stereocenters. The van der Waals surface area contributed by atoms with E-state index in [2.05, 4.69) is 44.3 Å². The molecule has 3 heterocycles. The van der Waals surface area contributed by atoms with Gasteiger partial charge in [0.2, 0.25) is 0 Å². The van der Waals surface area contributed by atoms with E-state index in [-0.39, 0.29) is 6.03 Å². The molecule has 6 heteroatoms. The smallest absolute Gasteiger partial charge is 0.317 e. The molecular formula is C18H23N5O. The second-order valence-corrected chi connectivity index (χ2v) is 6.62. The van der Waals surface area contributed by atoms with E-state index in [1.54, 1.807) is 0 Å². The number of piperidine rings is 1. The standard InChI is InChI=1S/C18H23N5O/c24-18(19-13-17-21-20-16-7-4-10-23(16)17)22-11-8-15(9-12-22)14-5-2-1-3-6-14/h1-3,5-6,15H,4,7-13H2,(H,19,24). The fourth-order valence-corrected chi connectivity index (χ4v) is 3.75. The molecule has 4 rings (SSSR count). The number of amides is 2. The van der Waals surface area contributed by atoms with Crippen molar-refractivity contribution in [3.8, 4) is 0 Å².